The number of para-hydroxylation sites is 1. The van der Waals surface area contributed by atoms with E-state index in [2.05, 4.69) is 0 Å². The molecule has 1 fully saturated rings. The molecule has 0 saturated carbocycles. The predicted molar refractivity (Wildman–Crippen MR) is 147 cm³/mol. The van der Waals surface area contributed by atoms with Crippen molar-refractivity contribution >= 4 is 66.2 Å². The summed E-state index contributed by atoms with van der Waals surface area (Å²) in [6.07, 6.45) is 0.606. The summed E-state index contributed by atoms with van der Waals surface area (Å²) in [5, 5.41) is 34.1. The molecule has 6 rings (SSSR count). The maximum absolute atomic E-state index is 13.5. The number of pyridine rings is 1. The van der Waals surface area contributed by atoms with Gasteiger partial charge in [-0.05, 0) is 48.7 Å². The van der Waals surface area contributed by atoms with E-state index >= 15 is 0 Å². The van der Waals surface area contributed by atoms with Gasteiger partial charge in [-0.1, -0.05) is 35.9 Å². The Morgan fingerprint density at radius 2 is 1.74 bits per heavy atom. The van der Waals surface area contributed by atoms with Gasteiger partial charge >= 0.3 is 5.97 Å². The number of halogens is 1. The lowest BCUT2D eigenvalue weighted by atomic mass is 9.84. The summed E-state index contributed by atoms with van der Waals surface area (Å²) < 4.78 is 2.37. The van der Waals surface area contributed by atoms with Crippen LogP contribution in [-0.4, -0.2) is 38.6 Å². The van der Waals surface area contributed by atoms with Crippen LogP contribution in [0.25, 0.3) is 25.9 Å². The minimum absolute atomic E-state index is 0.0857. The fourth-order valence-electron chi connectivity index (χ4n) is 5.31. The number of hydrogen-bond acceptors (Lipinski definition) is 7. The Morgan fingerprint density at radius 3 is 2.39 bits per heavy atom. The lowest BCUT2D eigenvalue weighted by Gasteiger charge is -2.39. The molecule has 192 valence electrons. The number of anilines is 1. The number of hydrogen-bond donors (Lipinski definition) is 2. The Bertz CT molecular complexity index is 1840. The second-order valence-corrected chi connectivity index (χ2v) is 10.8. The normalized spacial score (nSPS) is 15.4. The molecular formula is C27H20ClN3O6S. The van der Waals surface area contributed by atoms with Crippen LogP contribution in [-0.2, 0) is 5.60 Å². The Labute approximate surface area is 223 Å². The predicted octanol–water partition coefficient (Wildman–Crippen LogP) is 5.42. The van der Waals surface area contributed by atoms with Crippen LogP contribution < -0.4 is 10.3 Å². The van der Waals surface area contributed by atoms with Crippen molar-refractivity contribution in [3.63, 3.8) is 0 Å². The highest BCUT2D eigenvalue weighted by molar-refractivity contribution is 7.24. The number of piperidine rings is 1. The average Bonchev–Trinajstić information content (AvgIpc) is 3.28. The van der Waals surface area contributed by atoms with Gasteiger partial charge < -0.3 is 15.1 Å². The van der Waals surface area contributed by atoms with Gasteiger partial charge in [0.1, 0.15) is 16.1 Å². The van der Waals surface area contributed by atoms with Crippen LogP contribution in [0.3, 0.4) is 0 Å². The number of aromatic carboxylic acids is 1. The van der Waals surface area contributed by atoms with Gasteiger partial charge in [0.2, 0.25) is 5.43 Å². The number of carboxylic acid groups (broad SMARTS) is 1. The number of benzene rings is 3. The van der Waals surface area contributed by atoms with Crippen molar-refractivity contribution in [3.8, 4) is 0 Å². The summed E-state index contributed by atoms with van der Waals surface area (Å²) in [6, 6.07) is 16.9. The molecule has 2 N–H and O–H groups in total. The highest BCUT2D eigenvalue weighted by atomic mass is 35.5. The first kappa shape index (κ1) is 24.4. The van der Waals surface area contributed by atoms with Gasteiger partial charge in [0, 0.05) is 29.6 Å². The molecule has 0 spiro atoms. The summed E-state index contributed by atoms with van der Waals surface area (Å²) in [5.41, 5.74) is -0.505. The van der Waals surface area contributed by atoms with Crippen molar-refractivity contribution in [2.75, 3.05) is 18.0 Å². The van der Waals surface area contributed by atoms with Crippen LogP contribution in [0.2, 0.25) is 5.02 Å². The van der Waals surface area contributed by atoms with Gasteiger partial charge in [0.05, 0.1) is 26.3 Å². The molecule has 0 atom stereocenters. The number of carbonyl (C=O) groups is 1. The molecule has 0 radical (unpaired) electrons. The number of aliphatic hydroxyl groups is 1. The number of aromatic nitrogens is 1. The van der Waals surface area contributed by atoms with Crippen molar-refractivity contribution < 1.29 is 19.9 Å². The van der Waals surface area contributed by atoms with E-state index in [1.54, 1.807) is 51.8 Å². The standard InChI is InChI=1S/C27H20ClN3O6S/c28-16-7-5-15(6-8-16)27(35)9-11-29(12-10-27)20-13-17-19(14-21(20)31(36)37)30-18-3-1-2-4-22(18)38-25(30)23(24(17)32)26(33)34/h1-8,13-14,35H,9-12H2,(H,33,34). The van der Waals surface area contributed by atoms with Crippen LogP contribution in [0.4, 0.5) is 11.4 Å². The first-order chi connectivity index (χ1) is 18.2. The van der Waals surface area contributed by atoms with Gasteiger partial charge in [-0.25, -0.2) is 4.79 Å². The van der Waals surface area contributed by atoms with E-state index in [1.807, 2.05) is 6.07 Å². The van der Waals surface area contributed by atoms with Gasteiger partial charge in [-0.15, -0.1) is 11.3 Å². The van der Waals surface area contributed by atoms with Gasteiger partial charge in [0.15, 0.2) is 0 Å². The zero-order chi connectivity index (χ0) is 26.8. The molecule has 1 saturated heterocycles. The fourth-order valence-corrected chi connectivity index (χ4v) is 6.62. The Morgan fingerprint density at radius 1 is 1.05 bits per heavy atom. The molecule has 0 unspecified atom stereocenters. The number of nitro groups is 1. The smallest absolute Gasteiger partial charge is 0.342 e. The number of thiazole rings is 1. The maximum Gasteiger partial charge on any atom is 0.342 e. The van der Waals surface area contributed by atoms with E-state index in [1.165, 1.54) is 12.1 Å². The maximum atomic E-state index is 13.5. The highest BCUT2D eigenvalue weighted by Crippen LogP contribution is 2.40. The van der Waals surface area contributed by atoms with Crippen molar-refractivity contribution in [1.29, 1.82) is 0 Å². The van der Waals surface area contributed by atoms with Crippen molar-refractivity contribution in [2.24, 2.45) is 0 Å². The van der Waals surface area contributed by atoms with Crippen molar-refractivity contribution in [2.45, 2.75) is 18.4 Å². The van der Waals surface area contributed by atoms with E-state index in [0.717, 1.165) is 16.0 Å². The molecule has 2 aromatic heterocycles. The highest BCUT2D eigenvalue weighted by Gasteiger charge is 2.36. The summed E-state index contributed by atoms with van der Waals surface area (Å²) in [6.45, 7) is 0.588. The number of nitrogens with zero attached hydrogens (tertiary/aromatic N) is 3. The molecule has 1 aliphatic rings. The number of carboxylic acids is 1. The van der Waals surface area contributed by atoms with Gasteiger partial charge in [-0.2, -0.15) is 0 Å². The lowest BCUT2D eigenvalue weighted by Crippen LogP contribution is -2.42. The molecule has 9 nitrogen and oxygen atoms in total. The minimum atomic E-state index is -1.35. The third-order valence-corrected chi connectivity index (χ3v) is 8.66. The lowest BCUT2D eigenvalue weighted by molar-refractivity contribution is -0.384. The molecule has 0 amide bonds. The second-order valence-electron chi connectivity index (χ2n) is 9.36. The molecule has 0 aliphatic carbocycles. The van der Waals surface area contributed by atoms with E-state index in [9.17, 15) is 29.9 Å². The van der Waals surface area contributed by atoms with E-state index in [0.29, 0.717) is 42.0 Å². The summed E-state index contributed by atoms with van der Waals surface area (Å²) in [5.74, 6) is -1.35. The molecule has 11 heteroatoms. The molecule has 3 aromatic carbocycles. The SMILES string of the molecule is O=C(O)c1c(=O)c2cc(N3CCC(O)(c4ccc(Cl)cc4)CC3)c([N+](=O)[O-])cc2n2c1sc1ccccc12. The third kappa shape index (κ3) is 3.72. The zero-order valence-corrected chi connectivity index (χ0v) is 21.3. The molecule has 0 bridgehead atoms. The van der Waals surface area contributed by atoms with Crippen LogP contribution >= 0.6 is 22.9 Å². The molecular weight excluding hydrogens is 530 g/mol. The third-order valence-electron chi connectivity index (χ3n) is 7.26. The zero-order valence-electron chi connectivity index (χ0n) is 19.8. The topological polar surface area (TPSA) is 125 Å². The van der Waals surface area contributed by atoms with E-state index < -0.39 is 21.9 Å². The summed E-state index contributed by atoms with van der Waals surface area (Å²) in [4.78, 5) is 39.4. The first-order valence-electron chi connectivity index (χ1n) is 11.8. The Kier molecular flexibility index (Phi) is 5.64. The monoisotopic (exact) mass is 549 g/mol. The summed E-state index contributed by atoms with van der Waals surface area (Å²) in [7, 11) is 0. The number of rotatable bonds is 4. The summed E-state index contributed by atoms with van der Waals surface area (Å²) >= 11 is 7.14. The Balaban J connectivity index is 1.52. The molecule has 1 aliphatic heterocycles. The average molecular weight is 550 g/mol. The fraction of sp³-hybridized carbons (Fsp3) is 0.185. The molecule has 38 heavy (non-hydrogen) atoms. The Hall–Kier alpha value is -3.99. The van der Waals surface area contributed by atoms with Gasteiger partial charge in [-0.3, -0.25) is 19.3 Å². The van der Waals surface area contributed by atoms with Crippen molar-refractivity contribution in [3.05, 3.63) is 97.2 Å². The quantitative estimate of drug-likeness (QED) is 0.226. The first-order valence-corrected chi connectivity index (χ1v) is 13.0. The van der Waals surface area contributed by atoms with Crippen LogP contribution in [0.15, 0.2) is 65.5 Å². The van der Waals surface area contributed by atoms with Crippen molar-refractivity contribution in [1.82, 2.24) is 4.40 Å². The van der Waals surface area contributed by atoms with E-state index in [4.69, 9.17) is 11.6 Å². The second kappa shape index (κ2) is 8.80. The van der Waals surface area contributed by atoms with Crippen LogP contribution in [0.5, 0.6) is 0 Å². The number of nitro benzene ring substituents is 1. The molecule has 3 heterocycles. The van der Waals surface area contributed by atoms with Crippen LogP contribution in [0.1, 0.15) is 28.8 Å². The van der Waals surface area contributed by atoms with E-state index in [-0.39, 0.29) is 32.7 Å². The van der Waals surface area contributed by atoms with Gasteiger partial charge in [0.25, 0.3) is 5.69 Å². The van der Waals surface area contributed by atoms with Crippen LogP contribution in [0, 0.1) is 10.1 Å². The largest absolute Gasteiger partial charge is 0.477 e. The minimum Gasteiger partial charge on any atom is -0.477 e. The molecule has 5 aromatic rings. The number of fused-ring (bicyclic) bond motifs is 5.